The van der Waals surface area contributed by atoms with Crippen molar-refractivity contribution in [3.8, 4) is 0 Å². The molecule has 5 amide bonds. The molecule has 16 nitrogen and oxygen atoms in total. The van der Waals surface area contributed by atoms with Crippen LogP contribution in [0.3, 0.4) is 0 Å². The number of carbonyl (C=O) groups excluding carboxylic acids is 5. The Morgan fingerprint density at radius 1 is 0.808 bits per heavy atom. The highest BCUT2D eigenvalue weighted by atomic mass is 16.4. The normalized spacial score (nSPS) is 22.3. The van der Waals surface area contributed by atoms with E-state index in [-0.39, 0.29) is 50.3 Å². The van der Waals surface area contributed by atoms with Crippen molar-refractivity contribution in [3.63, 3.8) is 0 Å². The van der Waals surface area contributed by atoms with Gasteiger partial charge in [0.15, 0.2) is 5.96 Å². The molecule has 52 heavy (non-hydrogen) atoms. The summed E-state index contributed by atoms with van der Waals surface area (Å²) < 4.78 is 0. The molecule has 9 N–H and O–H groups in total. The number of aliphatic carboxylic acids is 1. The van der Waals surface area contributed by atoms with E-state index in [1.54, 1.807) is 0 Å². The number of likely N-dealkylation sites (tertiary alicyclic amines) is 3. The number of carboxylic acid groups (broad SMARTS) is 1. The van der Waals surface area contributed by atoms with Gasteiger partial charge >= 0.3 is 5.97 Å². The Morgan fingerprint density at radius 3 is 1.85 bits per heavy atom. The quantitative estimate of drug-likeness (QED) is 0.0737. The first-order chi connectivity index (χ1) is 24.8. The molecule has 0 spiro atoms. The Bertz CT molecular complexity index is 1470. The average Bonchev–Trinajstić information content (AvgIpc) is 3.93. The van der Waals surface area contributed by atoms with Crippen molar-refractivity contribution in [2.24, 2.45) is 28.1 Å². The third-order valence-electron chi connectivity index (χ3n) is 10.5. The van der Waals surface area contributed by atoms with Gasteiger partial charge in [-0.05, 0) is 62.8 Å². The number of nitrogens with two attached hydrogens (primary N) is 3. The molecular weight excluding hydrogens is 670 g/mol. The highest BCUT2D eigenvalue weighted by molar-refractivity contribution is 5.97. The number of nitrogens with one attached hydrogen (secondary N) is 2. The number of rotatable bonds is 16. The molecule has 0 unspecified atom stereocenters. The molecule has 1 aromatic carbocycles. The van der Waals surface area contributed by atoms with Crippen molar-refractivity contribution >= 4 is 41.5 Å². The Hall–Kier alpha value is -4.73. The van der Waals surface area contributed by atoms with Gasteiger partial charge in [-0.25, -0.2) is 4.79 Å². The number of benzene rings is 1. The summed E-state index contributed by atoms with van der Waals surface area (Å²) in [5, 5.41) is 15.4. The van der Waals surface area contributed by atoms with Crippen LogP contribution in [0.5, 0.6) is 0 Å². The van der Waals surface area contributed by atoms with Crippen LogP contribution in [0.4, 0.5) is 0 Å². The highest BCUT2D eigenvalue weighted by Crippen LogP contribution is 2.24. The minimum absolute atomic E-state index is 0.0652. The van der Waals surface area contributed by atoms with Gasteiger partial charge in [0.25, 0.3) is 0 Å². The molecule has 7 atom stereocenters. The Labute approximate surface area is 304 Å². The van der Waals surface area contributed by atoms with Gasteiger partial charge in [0.05, 0.1) is 6.04 Å². The third kappa shape index (κ3) is 9.98. The Morgan fingerprint density at radius 2 is 1.31 bits per heavy atom. The fourth-order valence-corrected chi connectivity index (χ4v) is 7.33. The van der Waals surface area contributed by atoms with Crippen molar-refractivity contribution in [3.05, 3.63) is 35.9 Å². The van der Waals surface area contributed by atoms with Crippen molar-refractivity contribution in [2.75, 3.05) is 26.2 Å². The van der Waals surface area contributed by atoms with E-state index in [1.807, 2.05) is 44.2 Å². The molecule has 1 aromatic rings. The van der Waals surface area contributed by atoms with E-state index in [0.717, 1.165) is 5.56 Å². The first-order valence-electron chi connectivity index (χ1n) is 18.4. The maximum atomic E-state index is 14.3. The number of hydrogen-bond donors (Lipinski definition) is 6. The lowest BCUT2D eigenvalue weighted by Crippen LogP contribution is -2.59. The number of hydrogen-bond acceptors (Lipinski definition) is 8. The molecule has 286 valence electrons. The zero-order valence-electron chi connectivity index (χ0n) is 30.2. The molecule has 3 aliphatic heterocycles. The van der Waals surface area contributed by atoms with E-state index in [4.69, 9.17) is 17.2 Å². The zero-order chi connectivity index (χ0) is 37.9. The second-order valence-electron chi connectivity index (χ2n) is 14.1. The molecule has 3 saturated heterocycles. The summed E-state index contributed by atoms with van der Waals surface area (Å²) in [6, 6.07) is 3.65. The van der Waals surface area contributed by atoms with Crippen molar-refractivity contribution in [1.29, 1.82) is 0 Å². The zero-order valence-corrected chi connectivity index (χ0v) is 30.2. The van der Waals surface area contributed by atoms with Crippen LogP contribution < -0.4 is 27.8 Å². The van der Waals surface area contributed by atoms with E-state index >= 15 is 0 Å². The van der Waals surface area contributed by atoms with E-state index in [1.165, 1.54) is 14.7 Å². The molecule has 0 radical (unpaired) electrons. The SMILES string of the molecule is CC[C@H](C)[C@H](N)C(=O)N1CCC[C@H]1C(=O)N[C@@H](Cc1ccccc1)C(=O)N1CCC[C@H]1C(=O)N[C@@H](CCCN=C(N)N)C(=O)N1CCC[C@H]1C(=O)O. The van der Waals surface area contributed by atoms with Gasteiger partial charge in [0.1, 0.15) is 30.2 Å². The van der Waals surface area contributed by atoms with E-state index in [9.17, 15) is 33.9 Å². The summed E-state index contributed by atoms with van der Waals surface area (Å²) >= 11 is 0. The van der Waals surface area contributed by atoms with Crippen LogP contribution in [0, 0.1) is 5.92 Å². The molecule has 0 aromatic heterocycles. The molecule has 3 heterocycles. The van der Waals surface area contributed by atoms with Crippen LogP contribution in [0.2, 0.25) is 0 Å². The smallest absolute Gasteiger partial charge is 0.326 e. The maximum absolute atomic E-state index is 14.3. The first-order valence-corrected chi connectivity index (χ1v) is 18.4. The molecule has 3 fully saturated rings. The minimum Gasteiger partial charge on any atom is -0.480 e. The maximum Gasteiger partial charge on any atom is 0.326 e. The molecule has 16 heteroatoms. The molecule has 0 aliphatic carbocycles. The van der Waals surface area contributed by atoms with E-state index in [0.29, 0.717) is 57.9 Å². The standard InChI is InChI=1S/C36H55N9O7/c1-3-22(2)29(37)34(50)44-19-9-15-27(44)31(47)42-25(21-23-11-5-4-6-12-23)33(49)43-18-8-14-26(43)30(46)41-24(13-7-17-40-36(38)39)32(48)45-20-10-16-28(45)35(51)52/h4-6,11-12,22,24-29H,3,7-10,13-21,37H2,1-2H3,(H,41,46)(H,42,47)(H,51,52)(H4,38,39,40)/t22-,24-,25-,26-,27-,28-,29-/m0/s1. The first kappa shape index (κ1) is 40.0. The molecule has 3 aliphatic rings. The van der Waals surface area contributed by atoms with Gasteiger partial charge < -0.3 is 47.6 Å². The number of guanidine groups is 1. The van der Waals surface area contributed by atoms with Crippen LogP contribution in [0.1, 0.15) is 77.2 Å². The number of aliphatic imine (C=N–C) groups is 1. The van der Waals surface area contributed by atoms with Gasteiger partial charge in [-0.3, -0.25) is 29.0 Å². The highest BCUT2D eigenvalue weighted by Gasteiger charge is 2.43. The lowest BCUT2D eigenvalue weighted by atomic mass is 9.98. The van der Waals surface area contributed by atoms with E-state index in [2.05, 4.69) is 15.6 Å². The van der Waals surface area contributed by atoms with Crippen LogP contribution in [-0.2, 0) is 35.2 Å². The summed E-state index contributed by atoms with van der Waals surface area (Å²) in [7, 11) is 0. The summed E-state index contributed by atoms with van der Waals surface area (Å²) in [5.74, 6) is -3.56. The minimum atomic E-state index is -1.11. The van der Waals surface area contributed by atoms with Gasteiger partial charge in [0, 0.05) is 32.6 Å². The molecule has 4 rings (SSSR count). The molecule has 0 saturated carbocycles. The van der Waals surface area contributed by atoms with Gasteiger partial charge in [0.2, 0.25) is 29.5 Å². The average molecular weight is 726 g/mol. The number of carboxylic acids is 1. The summed E-state index contributed by atoms with van der Waals surface area (Å²) in [4.78, 5) is 89.2. The van der Waals surface area contributed by atoms with Crippen molar-refractivity contribution in [2.45, 2.75) is 114 Å². The predicted molar refractivity (Wildman–Crippen MR) is 193 cm³/mol. The van der Waals surface area contributed by atoms with Crippen LogP contribution in [0.15, 0.2) is 35.3 Å². The summed E-state index contributed by atoms with van der Waals surface area (Å²) in [6.45, 7) is 4.95. The lowest BCUT2D eigenvalue weighted by Gasteiger charge is -2.33. The predicted octanol–water partition coefficient (Wildman–Crippen LogP) is -0.317. The monoisotopic (exact) mass is 725 g/mol. The van der Waals surface area contributed by atoms with Crippen molar-refractivity contribution in [1.82, 2.24) is 25.3 Å². The van der Waals surface area contributed by atoms with Gasteiger partial charge in [-0.15, -0.1) is 0 Å². The molecular formula is C36H55N9O7. The third-order valence-corrected chi connectivity index (χ3v) is 10.5. The lowest BCUT2D eigenvalue weighted by molar-refractivity contribution is -0.150. The van der Waals surface area contributed by atoms with Gasteiger partial charge in [-0.1, -0.05) is 50.6 Å². The fourth-order valence-electron chi connectivity index (χ4n) is 7.33. The Kier molecular flexibility index (Phi) is 14.4. The topological polar surface area (TPSA) is 247 Å². The van der Waals surface area contributed by atoms with Gasteiger partial charge in [-0.2, -0.15) is 0 Å². The number of amides is 5. The largest absolute Gasteiger partial charge is 0.480 e. The van der Waals surface area contributed by atoms with Crippen LogP contribution in [-0.4, -0.2) is 124 Å². The number of nitrogens with zero attached hydrogens (tertiary/aromatic N) is 4. The van der Waals surface area contributed by atoms with E-state index < -0.39 is 65.8 Å². The van der Waals surface area contributed by atoms with Crippen LogP contribution >= 0.6 is 0 Å². The van der Waals surface area contributed by atoms with Crippen LogP contribution in [0.25, 0.3) is 0 Å². The summed E-state index contributed by atoms with van der Waals surface area (Å²) in [5.41, 5.74) is 17.9. The Balaban J connectivity index is 1.52. The summed E-state index contributed by atoms with van der Waals surface area (Å²) in [6.07, 6.45) is 4.09. The second-order valence-corrected chi connectivity index (χ2v) is 14.1. The van der Waals surface area contributed by atoms with Crippen molar-refractivity contribution < 1.29 is 33.9 Å². The number of carbonyl (C=O) groups is 6. The molecule has 0 bridgehead atoms. The fraction of sp³-hybridized carbons (Fsp3) is 0.639. The second kappa shape index (κ2) is 18.7.